The van der Waals surface area contributed by atoms with Gasteiger partial charge in [-0.2, -0.15) is 14.6 Å². The first-order chi connectivity index (χ1) is 14.1. The summed E-state index contributed by atoms with van der Waals surface area (Å²) in [6.45, 7) is 0.307. The van der Waals surface area contributed by atoms with Crippen LogP contribution in [0.15, 0.2) is 59.3 Å². The van der Waals surface area contributed by atoms with Crippen LogP contribution in [0.2, 0.25) is 0 Å². The lowest BCUT2D eigenvalue weighted by molar-refractivity contribution is -0.112. The van der Waals surface area contributed by atoms with Crippen molar-refractivity contribution in [3.05, 3.63) is 71.0 Å². The molecule has 0 radical (unpaired) electrons. The normalized spacial score (nSPS) is 11.0. The topological polar surface area (TPSA) is 87.9 Å². The van der Waals surface area contributed by atoms with Gasteiger partial charge in [0.25, 0.3) is 5.91 Å². The maximum absolute atomic E-state index is 12.9. The second kappa shape index (κ2) is 9.82. The van der Waals surface area contributed by atoms with Crippen LogP contribution >= 0.6 is 23.3 Å². The minimum absolute atomic E-state index is 0.0501. The number of hydrogen-bond acceptors (Lipinski definition) is 7. The van der Waals surface area contributed by atoms with Crippen LogP contribution in [0.1, 0.15) is 11.1 Å². The molecule has 0 aliphatic heterocycles. The van der Waals surface area contributed by atoms with E-state index < -0.39 is 5.91 Å². The fraction of sp³-hybridized carbons (Fsp3) is 0.100. The third-order valence-corrected chi connectivity index (χ3v) is 4.98. The van der Waals surface area contributed by atoms with Gasteiger partial charge in [0.15, 0.2) is 0 Å². The number of nitrogens with zero attached hydrogens (tertiary/aromatic N) is 3. The highest BCUT2D eigenvalue weighted by Crippen LogP contribution is 2.19. The van der Waals surface area contributed by atoms with E-state index >= 15 is 0 Å². The summed E-state index contributed by atoms with van der Waals surface area (Å²) in [6.07, 6.45) is 3.32. The van der Waals surface area contributed by atoms with Crippen molar-refractivity contribution in [2.75, 3.05) is 11.6 Å². The van der Waals surface area contributed by atoms with E-state index in [0.29, 0.717) is 28.2 Å². The summed E-state index contributed by atoms with van der Waals surface area (Å²) in [7, 11) is 0. The Morgan fingerprint density at radius 3 is 2.62 bits per heavy atom. The van der Waals surface area contributed by atoms with Crippen LogP contribution in [0, 0.1) is 17.1 Å². The Hall–Kier alpha value is -3.22. The lowest BCUT2D eigenvalue weighted by Crippen LogP contribution is -2.13. The summed E-state index contributed by atoms with van der Waals surface area (Å²) in [6, 6.07) is 14.9. The number of ether oxygens (including phenoxy) is 1. The van der Waals surface area contributed by atoms with E-state index in [2.05, 4.69) is 14.7 Å². The molecule has 3 aromatic rings. The van der Waals surface area contributed by atoms with E-state index in [1.807, 2.05) is 12.3 Å². The van der Waals surface area contributed by atoms with Gasteiger partial charge in [-0.1, -0.05) is 36.0 Å². The molecule has 0 saturated carbocycles. The molecule has 0 saturated heterocycles. The fourth-order valence-corrected chi connectivity index (χ4v) is 3.35. The third-order valence-electron chi connectivity index (χ3n) is 3.69. The Balaban J connectivity index is 1.62. The molecule has 2 aromatic carbocycles. The van der Waals surface area contributed by atoms with Gasteiger partial charge in [0.05, 0.1) is 0 Å². The lowest BCUT2D eigenvalue weighted by atomic mass is 10.1. The van der Waals surface area contributed by atoms with E-state index in [1.165, 1.54) is 30.0 Å². The zero-order chi connectivity index (χ0) is 20.6. The summed E-state index contributed by atoms with van der Waals surface area (Å²) in [5.41, 5.74) is 1.47. The molecule has 1 amide bonds. The Kier molecular flexibility index (Phi) is 6.94. The largest absolute Gasteiger partial charge is 0.489 e. The number of nitriles is 1. The molecular weight excluding hydrogens is 411 g/mol. The van der Waals surface area contributed by atoms with Crippen LogP contribution in [-0.2, 0) is 11.4 Å². The standard InChI is InChI=1S/C20H15FN4O2S2/c1-28-20-24-19(29-25-20)23-18(26)15(11-22)10-13-4-8-17(9-5-13)27-12-14-2-6-16(21)7-3-14/h2-10H,12H2,1H3,(H,23,24,25,26)/b15-10-. The summed E-state index contributed by atoms with van der Waals surface area (Å²) >= 11 is 2.42. The highest BCUT2D eigenvalue weighted by Gasteiger charge is 2.12. The highest BCUT2D eigenvalue weighted by atomic mass is 32.2. The second-order valence-electron chi connectivity index (χ2n) is 5.69. The van der Waals surface area contributed by atoms with Gasteiger partial charge in [-0.25, -0.2) is 4.39 Å². The molecule has 9 heteroatoms. The monoisotopic (exact) mass is 426 g/mol. The number of hydrogen-bond donors (Lipinski definition) is 1. The van der Waals surface area contributed by atoms with E-state index in [9.17, 15) is 14.4 Å². The summed E-state index contributed by atoms with van der Waals surface area (Å²) in [5, 5.41) is 12.8. The smallest absolute Gasteiger partial charge is 0.268 e. The molecule has 3 rings (SSSR count). The van der Waals surface area contributed by atoms with Crippen molar-refractivity contribution < 1.29 is 13.9 Å². The molecule has 0 spiro atoms. The average molecular weight is 426 g/mol. The maximum atomic E-state index is 12.9. The molecule has 0 atom stereocenters. The van der Waals surface area contributed by atoms with Gasteiger partial charge in [-0.05, 0) is 47.7 Å². The van der Waals surface area contributed by atoms with Gasteiger partial charge in [0, 0.05) is 11.5 Å². The Bertz CT molecular complexity index is 1060. The minimum Gasteiger partial charge on any atom is -0.489 e. The van der Waals surface area contributed by atoms with E-state index in [0.717, 1.165) is 17.1 Å². The maximum Gasteiger partial charge on any atom is 0.268 e. The van der Waals surface area contributed by atoms with Gasteiger partial charge >= 0.3 is 0 Å². The quantitative estimate of drug-likeness (QED) is 0.339. The number of carbonyl (C=O) groups excluding carboxylic acids is 1. The molecular formula is C20H15FN4O2S2. The van der Waals surface area contributed by atoms with Crippen LogP contribution < -0.4 is 10.1 Å². The van der Waals surface area contributed by atoms with Crippen molar-refractivity contribution >= 4 is 40.4 Å². The second-order valence-corrected chi connectivity index (χ2v) is 7.22. The molecule has 0 bridgehead atoms. The van der Waals surface area contributed by atoms with Crippen LogP contribution in [0.25, 0.3) is 6.08 Å². The molecule has 6 nitrogen and oxygen atoms in total. The zero-order valence-corrected chi connectivity index (χ0v) is 16.9. The van der Waals surface area contributed by atoms with Crippen molar-refractivity contribution in [2.45, 2.75) is 11.8 Å². The summed E-state index contributed by atoms with van der Waals surface area (Å²) in [5.74, 6) is -0.223. The van der Waals surface area contributed by atoms with E-state index in [1.54, 1.807) is 36.4 Å². The molecule has 1 N–H and O–H groups in total. The number of nitrogens with one attached hydrogen (secondary N) is 1. The number of aromatic nitrogens is 2. The first kappa shape index (κ1) is 20.5. The van der Waals surface area contributed by atoms with Crippen molar-refractivity contribution in [1.82, 2.24) is 9.36 Å². The number of anilines is 1. The molecule has 0 fully saturated rings. The van der Waals surface area contributed by atoms with Crippen LogP contribution in [-0.4, -0.2) is 21.5 Å². The van der Waals surface area contributed by atoms with E-state index in [4.69, 9.17) is 4.74 Å². The van der Waals surface area contributed by atoms with Crippen molar-refractivity contribution in [3.63, 3.8) is 0 Å². The first-order valence-electron chi connectivity index (χ1n) is 8.35. The first-order valence-corrected chi connectivity index (χ1v) is 10.4. The molecule has 146 valence electrons. The number of halogens is 1. The lowest BCUT2D eigenvalue weighted by Gasteiger charge is -2.07. The van der Waals surface area contributed by atoms with Crippen molar-refractivity contribution in [1.29, 1.82) is 5.26 Å². The summed E-state index contributed by atoms with van der Waals surface area (Å²) < 4.78 is 22.6. The summed E-state index contributed by atoms with van der Waals surface area (Å²) in [4.78, 5) is 16.4. The van der Waals surface area contributed by atoms with Crippen molar-refractivity contribution in [3.8, 4) is 11.8 Å². The molecule has 0 aliphatic carbocycles. The Morgan fingerprint density at radius 2 is 2.00 bits per heavy atom. The van der Waals surface area contributed by atoms with Crippen LogP contribution in [0.3, 0.4) is 0 Å². The number of thioether (sulfide) groups is 1. The zero-order valence-electron chi connectivity index (χ0n) is 15.3. The number of amides is 1. The minimum atomic E-state index is -0.548. The third kappa shape index (κ3) is 5.88. The number of rotatable bonds is 7. The van der Waals surface area contributed by atoms with Gasteiger partial charge in [-0.15, -0.1) is 0 Å². The number of benzene rings is 2. The molecule has 1 aromatic heterocycles. The SMILES string of the molecule is CSc1nsc(NC(=O)/C(C#N)=C\c2ccc(OCc3ccc(F)cc3)cc2)n1. The Morgan fingerprint density at radius 1 is 1.28 bits per heavy atom. The van der Waals surface area contributed by atoms with Crippen molar-refractivity contribution in [2.24, 2.45) is 0 Å². The molecule has 0 unspecified atom stereocenters. The van der Waals surface area contributed by atoms with E-state index in [-0.39, 0.29) is 11.4 Å². The van der Waals surface area contributed by atoms with Gasteiger partial charge in [0.2, 0.25) is 10.3 Å². The van der Waals surface area contributed by atoms with Crippen LogP contribution in [0.4, 0.5) is 9.52 Å². The van der Waals surface area contributed by atoms with Gasteiger partial charge < -0.3 is 4.74 Å². The number of carbonyl (C=O) groups is 1. The molecule has 0 aliphatic rings. The van der Waals surface area contributed by atoms with Gasteiger partial charge in [-0.3, -0.25) is 10.1 Å². The fourth-order valence-electron chi connectivity index (χ4n) is 2.23. The molecule has 29 heavy (non-hydrogen) atoms. The average Bonchev–Trinajstić information content (AvgIpc) is 3.20. The van der Waals surface area contributed by atoms with Gasteiger partial charge in [0.1, 0.15) is 29.8 Å². The predicted molar refractivity (Wildman–Crippen MR) is 111 cm³/mol. The predicted octanol–water partition coefficient (Wildman–Crippen LogP) is 4.52. The Labute approximate surface area is 175 Å². The van der Waals surface area contributed by atoms with Crippen LogP contribution in [0.5, 0.6) is 5.75 Å². The molecule has 1 heterocycles. The highest BCUT2D eigenvalue weighted by molar-refractivity contribution is 7.98.